The predicted octanol–water partition coefficient (Wildman–Crippen LogP) is 4.40. The number of amides is 1. The molecular weight excluding hydrogens is 353 g/mol. The summed E-state index contributed by atoms with van der Waals surface area (Å²) in [6, 6.07) is 16.9. The molecule has 1 heterocycles. The Kier molecular flexibility index (Phi) is 5.64. The van der Waals surface area contributed by atoms with Crippen LogP contribution >= 0.6 is 0 Å². The van der Waals surface area contributed by atoms with Crippen LogP contribution in [0.15, 0.2) is 73.1 Å². The van der Waals surface area contributed by atoms with Crippen molar-refractivity contribution >= 4 is 5.91 Å². The summed E-state index contributed by atoms with van der Waals surface area (Å²) in [6.07, 6.45) is -0.204. The molecule has 0 aliphatic carbocycles. The molecule has 0 atom stereocenters. The number of hydrogen-bond acceptors (Lipinski definition) is 1. The van der Waals surface area contributed by atoms with Crippen molar-refractivity contribution in [3.05, 3.63) is 89.7 Å². The lowest BCUT2D eigenvalue weighted by atomic mass is 10.0. The molecular formula is C21H19F3N2O. The summed E-state index contributed by atoms with van der Waals surface area (Å²) in [4.78, 5) is 12.1. The molecule has 0 unspecified atom stereocenters. The summed E-state index contributed by atoms with van der Waals surface area (Å²) in [5, 5.41) is 2.69. The summed E-state index contributed by atoms with van der Waals surface area (Å²) in [6.45, 7) is 0.160. The van der Waals surface area contributed by atoms with E-state index in [0.717, 1.165) is 17.3 Å². The van der Waals surface area contributed by atoms with E-state index in [4.69, 9.17) is 0 Å². The van der Waals surface area contributed by atoms with Crippen molar-refractivity contribution < 1.29 is 18.0 Å². The van der Waals surface area contributed by atoms with Crippen LogP contribution < -0.4 is 5.32 Å². The molecule has 27 heavy (non-hydrogen) atoms. The summed E-state index contributed by atoms with van der Waals surface area (Å²) >= 11 is 0. The van der Waals surface area contributed by atoms with Gasteiger partial charge in [-0.05, 0) is 47.9 Å². The lowest BCUT2D eigenvalue weighted by molar-refractivity contribution is -0.138. The predicted molar refractivity (Wildman–Crippen MR) is 97.6 cm³/mol. The van der Waals surface area contributed by atoms with Gasteiger partial charge in [0.15, 0.2) is 0 Å². The van der Waals surface area contributed by atoms with Crippen LogP contribution in [0.5, 0.6) is 0 Å². The van der Waals surface area contributed by atoms with E-state index >= 15 is 0 Å². The fourth-order valence-electron chi connectivity index (χ4n) is 2.89. The zero-order valence-electron chi connectivity index (χ0n) is 14.5. The molecule has 0 radical (unpaired) electrons. The van der Waals surface area contributed by atoms with E-state index in [2.05, 4.69) is 5.32 Å². The highest BCUT2D eigenvalue weighted by atomic mass is 19.4. The third kappa shape index (κ3) is 5.00. The molecule has 0 aliphatic heterocycles. The van der Waals surface area contributed by atoms with E-state index < -0.39 is 11.7 Å². The monoisotopic (exact) mass is 372 g/mol. The van der Waals surface area contributed by atoms with Gasteiger partial charge in [0.25, 0.3) is 0 Å². The molecule has 1 aromatic heterocycles. The Balaban J connectivity index is 1.52. The highest BCUT2D eigenvalue weighted by Gasteiger charge is 2.32. The Hall–Kier alpha value is -3.02. The molecule has 0 bridgehead atoms. The average molecular weight is 372 g/mol. The molecule has 0 spiro atoms. The molecule has 0 saturated carbocycles. The zero-order chi connectivity index (χ0) is 19.3. The van der Waals surface area contributed by atoms with Crippen molar-refractivity contribution in [1.82, 2.24) is 9.88 Å². The van der Waals surface area contributed by atoms with Gasteiger partial charge in [0, 0.05) is 24.6 Å². The van der Waals surface area contributed by atoms with Gasteiger partial charge in [-0.15, -0.1) is 0 Å². The molecule has 2 aromatic carbocycles. The Morgan fingerprint density at radius 2 is 1.59 bits per heavy atom. The van der Waals surface area contributed by atoms with Gasteiger partial charge in [0.2, 0.25) is 5.91 Å². The first-order chi connectivity index (χ1) is 12.9. The number of hydrogen-bond donors (Lipinski definition) is 1. The van der Waals surface area contributed by atoms with Gasteiger partial charge in [-0.2, -0.15) is 13.2 Å². The van der Waals surface area contributed by atoms with Crippen LogP contribution in [0.2, 0.25) is 0 Å². The van der Waals surface area contributed by atoms with Crippen molar-refractivity contribution in [1.29, 1.82) is 0 Å². The second-order valence-corrected chi connectivity index (χ2v) is 6.19. The summed E-state index contributed by atoms with van der Waals surface area (Å²) < 4.78 is 40.9. The van der Waals surface area contributed by atoms with E-state index in [9.17, 15) is 18.0 Å². The lowest BCUT2D eigenvalue weighted by Crippen LogP contribution is -2.27. The number of nitrogens with one attached hydrogen (secondary N) is 1. The number of nitrogens with zero attached hydrogens (tertiary/aromatic N) is 1. The van der Waals surface area contributed by atoms with Crippen molar-refractivity contribution in [2.75, 3.05) is 6.54 Å². The molecule has 1 amide bonds. The van der Waals surface area contributed by atoms with Crippen LogP contribution in [0.3, 0.4) is 0 Å². The van der Waals surface area contributed by atoms with Crippen molar-refractivity contribution in [3.8, 4) is 5.69 Å². The fourth-order valence-corrected chi connectivity index (χ4v) is 2.89. The first-order valence-corrected chi connectivity index (χ1v) is 8.57. The molecule has 3 nitrogen and oxygen atoms in total. The molecule has 0 fully saturated rings. The van der Waals surface area contributed by atoms with Crippen LogP contribution in [0, 0.1) is 0 Å². The summed E-state index contributed by atoms with van der Waals surface area (Å²) in [5.41, 5.74) is 1.37. The quantitative estimate of drug-likeness (QED) is 0.684. The van der Waals surface area contributed by atoms with E-state index in [1.165, 1.54) is 12.1 Å². The van der Waals surface area contributed by atoms with E-state index in [1.807, 2.05) is 53.4 Å². The topological polar surface area (TPSA) is 34.0 Å². The summed E-state index contributed by atoms with van der Waals surface area (Å²) in [7, 11) is 0. The first-order valence-electron chi connectivity index (χ1n) is 8.57. The van der Waals surface area contributed by atoms with Crippen LogP contribution in [0.25, 0.3) is 5.69 Å². The number of benzene rings is 2. The van der Waals surface area contributed by atoms with Gasteiger partial charge in [0.1, 0.15) is 0 Å². The summed E-state index contributed by atoms with van der Waals surface area (Å²) in [5.74, 6) is -0.215. The van der Waals surface area contributed by atoms with Gasteiger partial charge >= 0.3 is 6.18 Å². The number of aromatic nitrogens is 1. The maximum atomic E-state index is 13.0. The van der Waals surface area contributed by atoms with E-state index in [1.54, 1.807) is 6.07 Å². The second kappa shape index (κ2) is 8.12. The lowest BCUT2D eigenvalue weighted by Gasteiger charge is -2.13. The van der Waals surface area contributed by atoms with Gasteiger partial charge in [-0.1, -0.05) is 30.3 Å². The minimum absolute atomic E-state index is 0.133. The fraction of sp³-hybridized carbons (Fsp3) is 0.190. The van der Waals surface area contributed by atoms with Crippen LogP contribution in [-0.4, -0.2) is 17.0 Å². The Bertz CT molecular complexity index is 885. The number of alkyl halides is 3. The molecule has 3 aromatic rings. The minimum atomic E-state index is -4.39. The standard InChI is InChI=1S/C21H19F3N2O/c22-21(23,24)19-6-2-1-5-17(19)11-12-25-20(27)15-16-7-9-18(10-8-16)26-13-3-4-14-26/h1-10,13-14H,11-12,15H2,(H,25,27). The molecule has 3 rings (SSSR count). The van der Waals surface area contributed by atoms with Crippen LogP contribution in [0.1, 0.15) is 16.7 Å². The van der Waals surface area contributed by atoms with Gasteiger partial charge in [0.05, 0.1) is 12.0 Å². The van der Waals surface area contributed by atoms with Gasteiger partial charge < -0.3 is 9.88 Å². The van der Waals surface area contributed by atoms with Crippen molar-refractivity contribution in [2.24, 2.45) is 0 Å². The number of carbonyl (C=O) groups is 1. The first kappa shape index (κ1) is 18.8. The highest BCUT2D eigenvalue weighted by molar-refractivity contribution is 5.78. The Morgan fingerprint density at radius 1 is 0.926 bits per heavy atom. The largest absolute Gasteiger partial charge is 0.416 e. The Labute approximate surface area is 155 Å². The number of carbonyl (C=O) groups excluding carboxylic acids is 1. The minimum Gasteiger partial charge on any atom is -0.355 e. The molecule has 140 valence electrons. The van der Waals surface area contributed by atoms with Gasteiger partial charge in [-0.25, -0.2) is 0 Å². The van der Waals surface area contributed by atoms with Crippen LogP contribution in [-0.2, 0) is 23.8 Å². The maximum absolute atomic E-state index is 13.0. The molecule has 0 aliphatic rings. The SMILES string of the molecule is O=C(Cc1ccc(-n2cccc2)cc1)NCCc1ccccc1C(F)(F)F. The number of rotatable bonds is 6. The third-order valence-electron chi connectivity index (χ3n) is 4.24. The Morgan fingerprint density at radius 3 is 2.26 bits per heavy atom. The highest BCUT2D eigenvalue weighted by Crippen LogP contribution is 2.31. The van der Waals surface area contributed by atoms with Crippen molar-refractivity contribution in [3.63, 3.8) is 0 Å². The van der Waals surface area contributed by atoms with Gasteiger partial charge in [-0.3, -0.25) is 4.79 Å². The van der Waals surface area contributed by atoms with Crippen LogP contribution in [0.4, 0.5) is 13.2 Å². The van der Waals surface area contributed by atoms with E-state index in [-0.39, 0.29) is 30.9 Å². The second-order valence-electron chi connectivity index (χ2n) is 6.19. The molecule has 1 N–H and O–H groups in total. The molecule has 6 heteroatoms. The third-order valence-corrected chi connectivity index (χ3v) is 4.24. The number of halogens is 3. The molecule has 0 saturated heterocycles. The average Bonchev–Trinajstić information content (AvgIpc) is 3.16. The normalized spacial score (nSPS) is 11.4. The maximum Gasteiger partial charge on any atom is 0.416 e. The van der Waals surface area contributed by atoms with E-state index in [0.29, 0.717) is 0 Å². The van der Waals surface area contributed by atoms with Crippen molar-refractivity contribution in [2.45, 2.75) is 19.0 Å². The zero-order valence-corrected chi connectivity index (χ0v) is 14.5. The smallest absolute Gasteiger partial charge is 0.355 e.